The molecule has 3 aliphatic rings. The molecule has 1 saturated carbocycles. The summed E-state index contributed by atoms with van der Waals surface area (Å²) in [6.45, 7) is 8.78. The zero-order chi connectivity index (χ0) is 21.8. The van der Waals surface area contributed by atoms with Crippen LogP contribution in [0.4, 0.5) is 0 Å². The molecular formula is C26H39N3O2. The third-order valence-electron chi connectivity index (χ3n) is 7.47. The molecule has 2 aliphatic heterocycles. The molecule has 0 aromatic heterocycles. The molecule has 2 heterocycles. The summed E-state index contributed by atoms with van der Waals surface area (Å²) in [5.74, 6) is 1.02. The predicted molar refractivity (Wildman–Crippen MR) is 124 cm³/mol. The van der Waals surface area contributed by atoms with Gasteiger partial charge in [0.1, 0.15) is 0 Å². The number of nitrogens with one attached hydrogen (secondary N) is 1. The molecule has 1 aromatic rings. The second-order valence-corrected chi connectivity index (χ2v) is 10.2. The Morgan fingerprint density at radius 2 is 1.58 bits per heavy atom. The molecule has 2 amide bonds. The van der Waals surface area contributed by atoms with E-state index < -0.39 is 0 Å². The highest BCUT2D eigenvalue weighted by Crippen LogP contribution is 2.27. The first-order valence-electron chi connectivity index (χ1n) is 12.4. The summed E-state index contributed by atoms with van der Waals surface area (Å²) in [4.78, 5) is 30.5. The maximum Gasteiger partial charge on any atom is 0.253 e. The number of aryl methyl sites for hydroxylation is 2. The van der Waals surface area contributed by atoms with Crippen molar-refractivity contribution in [3.8, 4) is 0 Å². The summed E-state index contributed by atoms with van der Waals surface area (Å²) in [7, 11) is 0. The van der Waals surface area contributed by atoms with E-state index in [9.17, 15) is 9.59 Å². The van der Waals surface area contributed by atoms with Crippen molar-refractivity contribution >= 4 is 11.8 Å². The summed E-state index contributed by atoms with van der Waals surface area (Å²) >= 11 is 0. The van der Waals surface area contributed by atoms with Crippen LogP contribution < -0.4 is 5.32 Å². The zero-order valence-corrected chi connectivity index (χ0v) is 19.4. The van der Waals surface area contributed by atoms with Crippen LogP contribution in [0.3, 0.4) is 0 Å². The Labute approximate surface area is 187 Å². The van der Waals surface area contributed by atoms with E-state index >= 15 is 0 Å². The molecule has 31 heavy (non-hydrogen) atoms. The highest BCUT2D eigenvalue weighted by molar-refractivity contribution is 5.95. The van der Waals surface area contributed by atoms with E-state index in [1.54, 1.807) is 0 Å². The van der Waals surface area contributed by atoms with Gasteiger partial charge in [-0.2, -0.15) is 0 Å². The maximum absolute atomic E-state index is 13.0. The average molecular weight is 426 g/mol. The second-order valence-electron chi connectivity index (χ2n) is 10.2. The average Bonchev–Trinajstić information content (AvgIpc) is 3.27. The number of likely N-dealkylation sites (tertiary alicyclic amines) is 2. The van der Waals surface area contributed by atoms with Gasteiger partial charge in [-0.1, -0.05) is 30.0 Å². The number of benzene rings is 1. The first kappa shape index (κ1) is 22.3. The largest absolute Gasteiger partial charge is 0.353 e. The predicted octanol–water partition coefficient (Wildman–Crippen LogP) is 3.93. The van der Waals surface area contributed by atoms with Gasteiger partial charge < -0.3 is 15.1 Å². The lowest BCUT2D eigenvalue weighted by Crippen LogP contribution is -2.50. The van der Waals surface area contributed by atoms with Gasteiger partial charge in [-0.05, 0) is 70.4 Å². The SMILES string of the molecule is Cc1cc(C)cc(C(=O)N2CCCC(C(=O)NC3CCN(CC4CCCC4)CC3)C2)c1. The molecule has 3 fully saturated rings. The molecule has 0 radical (unpaired) electrons. The van der Waals surface area contributed by atoms with Gasteiger partial charge in [0.2, 0.25) is 5.91 Å². The number of nitrogens with zero attached hydrogens (tertiary/aromatic N) is 2. The smallest absolute Gasteiger partial charge is 0.253 e. The van der Waals surface area contributed by atoms with E-state index in [1.165, 1.54) is 32.2 Å². The van der Waals surface area contributed by atoms with Gasteiger partial charge in [-0.15, -0.1) is 0 Å². The molecule has 1 atom stereocenters. The lowest BCUT2D eigenvalue weighted by Gasteiger charge is -2.36. The zero-order valence-electron chi connectivity index (χ0n) is 19.4. The molecule has 1 aromatic carbocycles. The Morgan fingerprint density at radius 3 is 2.26 bits per heavy atom. The van der Waals surface area contributed by atoms with Crippen LogP contribution in [0.2, 0.25) is 0 Å². The fourth-order valence-corrected chi connectivity index (χ4v) is 5.79. The van der Waals surface area contributed by atoms with Crippen LogP contribution in [-0.2, 0) is 4.79 Å². The number of amides is 2. The topological polar surface area (TPSA) is 52.7 Å². The van der Waals surface area contributed by atoms with E-state index in [-0.39, 0.29) is 23.8 Å². The molecule has 0 bridgehead atoms. The minimum Gasteiger partial charge on any atom is -0.353 e. The van der Waals surface area contributed by atoms with Crippen molar-refractivity contribution in [1.82, 2.24) is 15.1 Å². The van der Waals surface area contributed by atoms with Gasteiger partial charge in [0, 0.05) is 44.3 Å². The highest BCUT2D eigenvalue weighted by atomic mass is 16.2. The van der Waals surface area contributed by atoms with Gasteiger partial charge in [-0.3, -0.25) is 9.59 Å². The van der Waals surface area contributed by atoms with Crippen molar-refractivity contribution in [2.75, 3.05) is 32.7 Å². The molecule has 0 spiro atoms. The molecule has 5 heteroatoms. The summed E-state index contributed by atoms with van der Waals surface area (Å²) < 4.78 is 0. The highest BCUT2D eigenvalue weighted by Gasteiger charge is 2.31. The summed E-state index contributed by atoms with van der Waals surface area (Å²) in [5, 5.41) is 3.32. The first-order valence-corrected chi connectivity index (χ1v) is 12.4. The van der Waals surface area contributed by atoms with Gasteiger partial charge in [0.15, 0.2) is 0 Å². The Hall–Kier alpha value is -1.88. The lowest BCUT2D eigenvalue weighted by atomic mass is 9.94. The van der Waals surface area contributed by atoms with Gasteiger partial charge in [0.25, 0.3) is 5.91 Å². The van der Waals surface area contributed by atoms with Crippen LogP contribution >= 0.6 is 0 Å². The monoisotopic (exact) mass is 425 g/mol. The maximum atomic E-state index is 13.0. The van der Waals surface area contributed by atoms with Gasteiger partial charge in [0.05, 0.1) is 5.92 Å². The van der Waals surface area contributed by atoms with Crippen molar-refractivity contribution < 1.29 is 9.59 Å². The standard InChI is InChI=1S/C26H39N3O2/c1-19-14-20(2)16-23(15-19)26(31)29-11-5-8-22(18-29)25(30)27-24-9-12-28(13-10-24)17-21-6-3-4-7-21/h14-16,21-22,24H,3-13,17-18H2,1-2H3,(H,27,30). The number of carbonyl (C=O) groups is 2. The van der Waals surface area contributed by atoms with Crippen molar-refractivity contribution in [3.05, 3.63) is 34.9 Å². The normalized spacial score (nSPS) is 23.8. The number of rotatable bonds is 5. The molecule has 5 nitrogen and oxygen atoms in total. The molecule has 1 unspecified atom stereocenters. The fourth-order valence-electron chi connectivity index (χ4n) is 5.79. The van der Waals surface area contributed by atoms with E-state index in [4.69, 9.17) is 0 Å². The Bertz CT molecular complexity index is 759. The number of carbonyl (C=O) groups excluding carboxylic acids is 2. The van der Waals surface area contributed by atoms with Crippen molar-refractivity contribution in [2.45, 2.75) is 71.3 Å². The Morgan fingerprint density at radius 1 is 0.903 bits per heavy atom. The third kappa shape index (κ3) is 5.88. The fraction of sp³-hybridized carbons (Fsp3) is 0.692. The number of hydrogen-bond donors (Lipinski definition) is 1. The Kier molecular flexibility index (Phi) is 7.31. The van der Waals surface area contributed by atoms with Crippen LogP contribution in [0.15, 0.2) is 18.2 Å². The molecule has 1 N–H and O–H groups in total. The quantitative estimate of drug-likeness (QED) is 0.778. The second kappa shape index (κ2) is 10.2. The van der Waals surface area contributed by atoms with E-state index in [2.05, 4.69) is 16.3 Å². The summed E-state index contributed by atoms with van der Waals surface area (Å²) in [6, 6.07) is 6.29. The van der Waals surface area contributed by atoms with Crippen LogP contribution in [0, 0.1) is 25.7 Å². The summed E-state index contributed by atoms with van der Waals surface area (Å²) in [5.41, 5.74) is 2.95. The Balaban J connectivity index is 1.25. The first-order chi connectivity index (χ1) is 15.0. The van der Waals surface area contributed by atoms with E-state index in [1.807, 2.05) is 30.9 Å². The van der Waals surface area contributed by atoms with Crippen LogP contribution in [0.25, 0.3) is 0 Å². The van der Waals surface area contributed by atoms with E-state index in [0.717, 1.165) is 67.9 Å². The third-order valence-corrected chi connectivity index (χ3v) is 7.47. The number of hydrogen-bond acceptors (Lipinski definition) is 3. The van der Waals surface area contributed by atoms with Crippen LogP contribution in [-0.4, -0.2) is 60.4 Å². The molecular weight excluding hydrogens is 386 g/mol. The summed E-state index contributed by atoms with van der Waals surface area (Å²) in [6.07, 6.45) is 9.48. The molecule has 170 valence electrons. The van der Waals surface area contributed by atoms with Crippen LogP contribution in [0.1, 0.15) is 72.9 Å². The lowest BCUT2D eigenvalue weighted by molar-refractivity contribution is -0.127. The minimum absolute atomic E-state index is 0.0597. The minimum atomic E-state index is -0.0832. The van der Waals surface area contributed by atoms with Gasteiger partial charge >= 0.3 is 0 Å². The molecule has 1 aliphatic carbocycles. The molecule has 4 rings (SSSR count). The van der Waals surface area contributed by atoms with Crippen molar-refractivity contribution in [1.29, 1.82) is 0 Å². The van der Waals surface area contributed by atoms with Gasteiger partial charge in [-0.25, -0.2) is 0 Å². The van der Waals surface area contributed by atoms with Crippen LogP contribution in [0.5, 0.6) is 0 Å². The van der Waals surface area contributed by atoms with Crippen molar-refractivity contribution in [3.63, 3.8) is 0 Å². The number of piperidine rings is 2. The molecule has 2 saturated heterocycles. The van der Waals surface area contributed by atoms with E-state index in [0.29, 0.717) is 6.54 Å². The van der Waals surface area contributed by atoms with Crippen molar-refractivity contribution in [2.24, 2.45) is 11.8 Å².